The molecule has 19 heavy (non-hydrogen) atoms. The van der Waals surface area contributed by atoms with Gasteiger partial charge in [0.05, 0.1) is 6.42 Å². The Hall–Kier alpha value is -2.18. The largest absolute Gasteiger partial charge is 0.481 e. The molecule has 1 aliphatic heterocycles. The van der Waals surface area contributed by atoms with E-state index in [1.165, 1.54) is 0 Å². The van der Waals surface area contributed by atoms with E-state index >= 15 is 0 Å². The fraction of sp³-hybridized carbons (Fsp3) is 0.500. The van der Waals surface area contributed by atoms with Crippen LogP contribution < -0.4 is 4.90 Å². The van der Waals surface area contributed by atoms with Crippen molar-refractivity contribution in [1.29, 1.82) is 0 Å². The van der Waals surface area contributed by atoms with Crippen LogP contribution in [0.4, 0.5) is 5.82 Å². The summed E-state index contributed by atoms with van der Waals surface area (Å²) in [5.41, 5.74) is 0.680. The molecule has 2 aromatic rings. The second-order valence-electron chi connectivity index (χ2n) is 4.75. The van der Waals surface area contributed by atoms with Crippen molar-refractivity contribution in [3.63, 3.8) is 0 Å². The lowest BCUT2D eigenvalue weighted by molar-refractivity contribution is -0.137. The standard InChI is InChI=1S/C12H15N5O2/c18-10(19)7-9-3-1-2-5-17(9)11-12-15-14-8-16(12)6-4-13-11/h4,6,8-9H,1-3,5,7H2,(H,18,19). The molecule has 0 aromatic carbocycles. The van der Waals surface area contributed by atoms with Crippen molar-refractivity contribution in [1.82, 2.24) is 19.6 Å². The van der Waals surface area contributed by atoms with Gasteiger partial charge in [-0.15, -0.1) is 10.2 Å². The van der Waals surface area contributed by atoms with Crippen molar-refractivity contribution in [2.75, 3.05) is 11.4 Å². The number of aliphatic carboxylic acids is 1. The molecule has 2 aromatic heterocycles. The third-order valence-corrected chi connectivity index (χ3v) is 3.51. The Morgan fingerprint density at radius 2 is 2.37 bits per heavy atom. The molecule has 0 spiro atoms. The lowest BCUT2D eigenvalue weighted by atomic mass is 9.99. The zero-order valence-electron chi connectivity index (χ0n) is 10.4. The Labute approximate surface area is 109 Å². The van der Waals surface area contributed by atoms with Crippen LogP contribution in [0.1, 0.15) is 25.7 Å². The van der Waals surface area contributed by atoms with Gasteiger partial charge < -0.3 is 10.0 Å². The second kappa shape index (κ2) is 4.83. The quantitative estimate of drug-likeness (QED) is 0.886. The predicted octanol–water partition coefficient (Wildman–Crippen LogP) is 0.958. The minimum atomic E-state index is -0.773. The third kappa shape index (κ3) is 2.23. The summed E-state index contributed by atoms with van der Waals surface area (Å²) in [4.78, 5) is 17.4. The van der Waals surface area contributed by atoms with Crippen LogP contribution in [-0.4, -0.2) is 43.2 Å². The Morgan fingerprint density at radius 3 is 3.21 bits per heavy atom. The molecular weight excluding hydrogens is 246 g/mol. The van der Waals surface area contributed by atoms with E-state index < -0.39 is 5.97 Å². The van der Waals surface area contributed by atoms with Gasteiger partial charge in [0.15, 0.2) is 5.82 Å². The minimum Gasteiger partial charge on any atom is -0.481 e. The fourth-order valence-electron chi connectivity index (χ4n) is 2.64. The number of carboxylic acid groups (broad SMARTS) is 1. The molecule has 0 aliphatic carbocycles. The monoisotopic (exact) mass is 261 g/mol. The van der Waals surface area contributed by atoms with Gasteiger partial charge in [-0.25, -0.2) is 4.98 Å². The van der Waals surface area contributed by atoms with Gasteiger partial charge >= 0.3 is 5.97 Å². The van der Waals surface area contributed by atoms with Crippen LogP contribution in [0.5, 0.6) is 0 Å². The Balaban J connectivity index is 1.97. The molecule has 1 fully saturated rings. The minimum absolute atomic E-state index is 0.0124. The second-order valence-corrected chi connectivity index (χ2v) is 4.75. The van der Waals surface area contributed by atoms with Gasteiger partial charge in [-0.3, -0.25) is 9.20 Å². The topological polar surface area (TPSA) is 83.6 Å². The van der Waals surface area contributed by atoms with E-state index in [0.29, 0.717) is 5.65 Å². The van der Waals surface area contributed by atoms with Gasteiger partial charge in [0.2, 0.25) is 5.65 Å². The number of hydrogen-bond donors (Lipinski definition) is 1. The molecule has 1 aliphatic rings. The van der Waals surface area contributed by atoms with Gasteiger partial charge in [-0.05, 0) is 19.3 Å². The van der Waals surface area contributed by atoms with Gasteiger partial charge in [0.25, 0.3) is 0 Å². The van der Waals surface area contributed by atoms with Crippen LogP contribution in [0.25, 0.3) is 5.65 Å². The molecule has 0 amide bonds. The molecule has 0 radical (unpaired) electrons. The molecule has 0 saturated carbocycles. The van der Waals surface area contributed by atoms with E-state index in [2.05, 4.69) is 20.1 Å². The van der Waals surface area contributed by atoms with Crippen molar-refractivity contribution in [3.8, 4) is 0 Å². The number of aromatic nitrogens is 4. The summed E-state index contributed by atoms with van der Waals surface area (Å²) in [6, 6.07) is -0.0124. The normalized spacial score (nSPS) is 19.8. The molecule has 1 atom stereocenters. The maximum Gasteiger partial charge on any atom is 0.305 e. The number of rotatable bonds is 3. The molecule has 3 heterocycles. The first-order valence-electron chi connectivity index (χ1n) is 6.38. The molecule has 1 saturated heterocycles. The van der Waals surface area contributed by atoms with E-state index in [1.807, 2.05) is 0 Å². The Morgan fingerprint density at radius 1 is 1.47 bits per heavy atom. The highest BCUT2D eigenvalue weighted by Gasteiger charge is 2.27. The highest BCUT2D eigenvalue weighted by Crippen LogP contribution is 2.27. The van der Waals surface area contributed by atoms with E-state index in [-0.39, 0.29) is 12.5 Å². The average Bonchev–Trinajstić information content (AvgIpc) is 2.87. The van der Waals surface area contributed by atoms with Crippen LogP contribution in [0.15, 0.2) is 18.7 Å². The van der Waals surface area contributed by atoms with E-state index in [9.17, 15) is 4.79 Å². The highest BCUT2D eigenvalue weighted by atomic mass is 16.4. The van der Waals surface area contributed by atoms with Crippen LogP contribution >= 0.6 is 0 Å². The van der Waals surface area contributed by atoms with Crippen LogP contribution in [-0.2, 0) is 4.79 Å². The van der Waals surface area contributed by atoms with Crippen LogP contribution in [0.2, 0.25) is 0 Å². The van der Waals surface area contributed by atoms with Crippen molar-refractivity contribution in [2.24, 2.45) is 0 Å². The summed E-state index contributed by atoms with van der Waals surface area (Å²) < 4.78 is 1.80. The van der Waals surface area contributed by atoms with Crippen molar-refractivity contribution >= 4 is 17.4 Å². The Kier molecular flexibility index (Phi) is 3.02. The van der Waals surface area contributed by atoms with Gasteiger partial charge in [0, 0.05) is 25.0 Å². The highest BCUT2D eigenvalue weighted by molar-refractivity contribution is 5.70. The maximum atomic E-state index is 11.0. The van der Waals surface area contributed by atoms with Gasteiger partial charge in [-0.1, -0.05) is 0 Å². The lowest BCUT2D eigenvalue weighted by Gasteiger charge is -2.35. The Bertz CT molecular complexity index is 597. The van der Waals surface area contributed by atoms with Crippen LogP contribution in [0, 0.1) is 0 Å². The lowest BCUT2D eigenvalue weighted by Crippen LogP contribution is -2.41. The van der Waals surface area contributed by atoms with Crippen molar-refractivity contribution < 1.29 is 9.90 Å². The maximum absolute atomic E-state index is 11.0. The van der Waals surface area contributed by atoms with Crippen molar-refractivity contribution in [3.05, 3.63) is 18.7 Å². The molecule has 7 nitrogen and oxygen atoms in total. The number of anilines is 1. The summed E-state index contributed by atoms with van der Waals surface area (Å²) >= 11 is 0. The smallest absolute Gasteiger partial charge is 0.305 e. The first-order valence-corrected chi connectivity index (χ1v) is 6.38. The number of nitrogens with zero attached hydrogens (tertiary/aromatic N) is 5. The van der Waals surface area contributed by atoms with Crippen LogP contribution in [0.3, 0.4) is 0 Å². The summed E-state index contributed by atoms with van der Waals surface area (Å²) in [6.07, 6.45) is 8.22. The van der Waals surface area contributed by atoms with E-state index in [0.717, 1.165) is 31.6 Å². The zero-order valence-corrected chi connectivity index (χ0v) is 10.4. The summed E-state index contributed by atoms with van der Waals surface area (Å²) in [5, 5.41) is 17.0. The number of carboxylic acids is 1. The fourth-order valence-corrected chi connectivity index (χ4v) is 2.64. The van der Waals surface area contributed by atoms with E-state index in [1.54, 1.807) is 23.1 Å². The predicted molar refractivity (Wildman–Crippen MR) is 68.0 cm³/mol. The zero-order chi connectivity index (χ0) is 13.2. The molecule has 1 N–H and O–H groups in total. The summed E-state index contributed by atoms with van der Waals surface area (Å²) in [6.45, 7) is 0.817. The number of carbonyl (C=O) groups is 1. The molecule has 7 heteroatoms. The molecular formula is C12H15N5O2. The van der Waals surface area contributed by atoms with Gasteiger partial charge in [0.1, 0.15) is 6.33 Å². The number of fused-ring (bicyclic) bond motifs is 1. The first kappa shape index (κ1) is 11.9. The number of piperidine rings is 1. The number of hydrogen-bond acceptors (Lipinski definition) is 5. The molecule has 100 valence electrons. The molecule has 1 unspecified atom stereocenters. The first-order chi connectivity index (χ1) is 9.25. The molecule has 3 rings (SSSR count). The van der Waals surface area contributed by atoms with E-state index in [4.69, 9.17) is 5.11 Å². The average molecular weight is 261 g/mol. The molecule has 0 bridgehead atoms. The SMILES string of the molecule is O=C(O)CC1CCCCN1c1nccn2cnnc12. The van der Waals surface area contributed by atoms with Gasteiger partial charge in [-0.2, -0.15) is 0 Å². The third-order valence-electron chi connectivity index (χ3n) is 3.51. The summed E-state index contributed by atoms with van der Waals surface area (Å²) in [7, 11) is 0. The van der Waals surface area contributed by atoms with Crippen molar-refractivity contribution in [2.45, 2.75) is 31.7 Å². The summed E-state index contributed by atoms with van der Waals surface area (Å²) in [5.74, 6) is -0.0451.